The lowest BCUT2D eigenvalue weighted by atomic mass is 9.91. The molecule has 0 radical (unpaired) electrons. The maximum atomic E-state index is 12.2. The molecule has 0 aliphatic rings. The Morgan fingerprint density at radius 3 is 2.57 bits per heavy atom. The Morgan fingerprint density at radius 2 is 2.05 bits per heavy atom. The number of carbonyl (C=O) groups excluding carboxylic acids is 1. The largest absolute Gasteiger partial charge is 0.480 e. The van der Waals surface area contributed by atoms with Crippen LogP contribution in [0, 0.1) is 5.41 Å². The second kappa shape index (κ2) is 6.76. The fourth-order valence-corrected chi connectivity index (χ4v) is 2.00. The summed E-state index contributed by atoms with van der Waals surface area (Å²) in [5.74, 6) is -1.51. The van der Waals surface area contributed by atoms with Crippen LogP contribution < -0.4 is 10.9 Å². The van der Waals surface area contributed by atoms with E-state index in [0.29, 0.717) is 5.02 Å². The van der Waals surface area contributed by atoms with Crippen molar-refractivity contribution in [2.24, 2.45) is 5.41 Å². The van der Waals surface area contributed by atoms with Crippen molar-refractivity contribution < 1.29 is 14.7 Å². The van der Waals surface area contributed by atoms with Gasteiger partial charge in [-0.15, -0.1) is 0 Å². The smallest absolute Gasteiger partial charge is 0.326 e. The molecule has 1 aromatic rings. The standard InChI is InChI=1S/C14H19ClN2O4/c1-4-10(12(19)20)16-13(21)14(2,3)8-17-7-9(15)5-6-11(17)18/h5-7,10H,4,8H2,1-3H3,(H,16,21)(H,19,20). The van der Waals surface area contributed by atoms with Gasteiger partial charge in [0.25, 0.3) is 5.56 Å². The first-order valence-electron chi connectivity index (χ1n) is 6.57. The summed E-state index contributed by atoms with van der Waals surface area (Å²) in [5.41, 5.74) is -1.22. The summed E-state index contributed by atoms with van der Waals surface area (Å²) in [4.78, 5) is 34.9. The van der Waals surface area contributed by atoms with Gasteiger partial charge < -0.3 is 15.0 Å². The van der Waals surface area contributed by atoms with E-state index in [1.165, 1.54) is 22.9 Å². The molecule has 0 saturated heterocycles. The zero-order valence-corrected chi connectivity index (χ0v) is 13.0. The maximum Gasteiger partial charge on any atom is 0.326 e. The first kappa shape index (κ1) is 17.2. The number of hydrogen-bond acceptors (Lipinski definition) is 3. The second-order valence-electron chi connectivity index (χ2n) is 5.47. The van der Waals surface area contributed by atoms with Crippen molar-refractivity contribution in [3.8, 4) is 0 Å². The van der Waals surface area contributed by atoms with Gasteiger partial charge in [0.05, 0.1) is 10.4 Å². The van der Waals surface area contributed by atoms with E-state index in [1.807, 2.05) is 0 Å². The van der Waals surface area contributed by atoms with Crippen LogP contribution in [0.3, 0.4) is 0 Å². The van der Waals surface area contributed by atoms with Gasteiger partial charge in [-0.25, -0.2) is 4.79 Å². The Balaban J connectivity index is 2.90. The predicted molar refractivity (Wildman–Crippen MR) is 79.4 cm³/mol. The molecule has 116 valence electrons. The minimum atomic E-state index is -1.08. The van der Waals surface area contributed by atoms with Crippen LogP contribution in [-0.2, 0) is 16.1 Å². The number of pyridine rings is 1. The fourth-order valence-electron chi connectivity index (χ4n) is 1.82. The highest BCUT2D eigenvalue weighted by molar-refractivity contribution is 6.30. The average Bonchev–Trinajstić information content (AvgIpc) is 2.39. The summed E-state index contributed by atoms with van der Waals surface area (Å²) in [6.07, 6.45) is 1.74. The highest BCUT2D eigenvalue weighted by Crippen LogP contribution is 2.19. The number of rotatable bonds is 6. The maximum absolute atomic E-state index is 12.2. The molecule has 2 N–H and O–H groups in total. The number of carboxylic acid groups (broad SMARTS) is 1. The van der Waals surface area contributed by atoms with Gasteiger partial charge in [0.2, 0.25) is 5.91 Å². The van der Waals surface area contributed by atoms with Crippen molar-refractivity contribution in [1.29, 1.82) is 0 Å². The third-order valence-corrected chi connectivity index (χ3v) is 3.36. The van der Waals surface area contributed by atoms with E-state index >= 15 is 0 Å². The summed E-state index contributed by atoms with van der Waals surface area (Å²) in [7, 11) is 0. The molecule has 0 aliphatic carbocycles. The molecule has 0 saturated carbocycles. The van der Waals surface area contributed by atoms with Crippen molar-refractivity contribution in [3.05, 3.63) is 33.7 Å². The minimum absolute atomic E-state index is 0.105. The molecule has 1 unspecified atom stereocenters. The molecule has 1 aromatic heterocycles. The van der Waals surface area contributed by atoms with Crippen molar-refractivity contribution in [1.82, 2.24) is 9.88 Å². The molecule has 1 heterocycles. The van der Waals surface area contributed by atoms with Gasteiger partial charge in [-0.3, -0.25) is 9.59 Å². The number of halogens is 1. The van der Waals surface area contributed by atoms with E-state index in [-0.39, 0.29) is 18.5 Å². The van der Waals surface area contributed by atoms with Gasteiger partial charge in [0.15, 0.2) is 0 Å². The second-order valence-corrected chi connectivity index (χ2v) is 5.91. The van der Waals surface area contributed by atoms with E-state index in [0.717, 1.165) is 0 Å². The van der Waals surface area contributed by atoms with Crippen LogP contribution in [0.15, 0.2) is 23.1 Å². The quantitative estimate of drug-likeness (QED) is 0.833. The average molecular weight is 315 g/mol. The Labute approximate surface area is 127 Å². The third-order valence-electron chi connectivity index (χ3n) is 3.14. The number of amides is 1. The van der Waals surface area contributed by atoms with Crippen molar-refractivity contribution in [3.63, 3.8) is 0 Å². The van der Waals surface area contributed by atoms with Crippen LogP contribution in [0.25, 0.3) is 0 Å². The van der Waals surface area contributed by atoms with Gasteiger partial charge >= 0.3 is 5.97 Å². The van der Waals surface area contributed by atoms with Crippen LogP contribution in [0.4, 0.5) is 0 Å². The first-order valence-corrected chi connectivity index (χ1v) is 6.95. The molecular weight excluding hydrogens is 296 g/mol. The number of aliphatic carboxylic acids is 1. The molecule has 21 heavy (non-hydrogen) atoms. The highest BCUT2D eigenvalue weighted by atomic mass is 35.5. The molecule has 1 amide bonds. The summed E-state index contributed by atoms with van der Waals surface area (Å²) >= 11 is 5.84. The number of carbonyl (C=O) groups is 2. The summed E-state index contributed by atoms with van der Waals surface area (Å²) in [6.45, 7) is 5.07. The Morgan fingerprint density at radius 1 is 1.43 bits per heavy atom. The molecule has 7 heteroatoms. The summed E-state index contributed by atoms with van der Waals surface area (Å²) < 4.78 is 1.34. The lowest BCUT2D eigenvalue weighted by Crippen LogP contribution is -2.48. The molecule has 0 fully saturated rings. The molecule has 0 aliphatic heterocycles. The topological polar surface area (TPSA) is 88.4 Å². The Kier molecular flexibility index (Phi) is 5.54. The van der Waals surface area contributed by atoms with E-state index in [4.69, 9.17) is 16.7 Å². The molecule has 0 aromatic carbocycles. The van der Waals surface area contributed by atoms with Gasteiger partial charge in [-0.05, 0) is 26.3 Å². The lowest BCUT2D eigenvalue weighted by molar-refractivity contribution is -0.143. The number of hydrogen-bond donors (Lipinski definition) is 2. The van der Waals surface area contributed by atoms with E-state index in [2.05, 4.69) is 5.32 Å². The minimum Gasteiger partial charge on any atom is -0.480 e. The molecule has 6 nitrogen and oxygen atoms in total. The predicted octanol–water partition coefficient (Wildman–Crippen LogP) is 1.51. The van der Waals surface area contributed by atoms with Crippen LogP contribution in [0.5, 0.6) is 0 Å². The zero-order valence-electron chi connectivity index (χ0n) is 12.2. The zero-order chi connectivity index (χ0) is 16.2. The number of aromatic nitrogens is 1. The van der Waals surface area contributed by atoms with E-state index in [1.54, 1.807) is 20.8 Å². The fraction of sp³-hybridized carbons (Fsp3) is 0.500. The van der Waals surface area contributed by atoms with Crippen LogP contribution in [-0.4, -0.2) is 27.6 Å². The van der Waals surface area contributed by atoms with Crippen molar-refractivity contribution in [2.45, 2.75) is 39.8 Å². The van der Waals surface area contributed by atoms with Gasteiger partial charge in [0, 0.05) is 18.8 Å². The highest BCUT2D eigenvalue weighted by Gasteiger charge is 2.31. The Bertz CT molecular complexity index is 595. The SMILES string of the molecule is CCC(NC(=O)C(C)(C)Cn1cc(Cl)ccc1=O)C(=O)O. The third kappa shape index (κ3) is 4.60. The van der Waals surface area contributed by atoms with Gasteiger partial charge in [-0.2, -0.15) is 0 Å². The lowest BCUT2D eigenvalue weighted by Gasteiger charge is -2.26. The monoisotopic (exact) mass is 314 g/mol. The van der Waals surface area contributed by atoms with Crippen LogP contribution in [0.1, 0.15) is 27.2 Å². The van der Waals surface area contributed by atoms with Gasteiger partial charge in [0.1, 0.15) is 6.04 Å². The number of nitrogens with zero attached hydrogens (tertiary/aromatic N) is 1. The van der Waals surface area contributed by atoms with Gasteiger partial charge in [-0.1, -0.05) is 18.5 Å². The van der Waals surface area contributed by atoms with Crippen LogP contribution >= 0.6 is 11.6 Å². The summed E-state index contributed by atoms with van der Waals surface area (Å²) in [6, 6.07) is 1.86. The van der Waals surface area contributed by atoms with Crippen molar-refractivity contribution >= 4 is 23.5 Å². The number of carboxylic acids is 1. The Hall–Kier alpha value is -1.82. The summed E-state index contributed by atoms with van der Waals surface area (Å²) in [5, 5.41) is 11.8. The molecule has 0 spiro atoms. The molecule has 1 rings (SSSR count). The molecular formula is C14H19ClN2O4. The first-order chi connectivity index (χ1) is 9.67. The van der Waals surface area contributed by atoms with Crippen LogP contribution in [0.2, 0.25) is 5.02 Å². The molecule has 0 bridgehead atoms. The van der Waals surface area contributed by atoms with Crippen molar-refractivity contribution in [2.75, 3.05) is 0 Å². The van der Waals surface area contributed by atoms with E-state index < -0.39 is 23.3 Å². The normalized spacial score (nSPS) is 12.8. The molecule has 1 atom stereocenters. The van der Waals surface area contributed by atoms with E-state index in [9.17, 15) is 14.4 Å². The number of nitrogens with one attached hydrogen (secondary N) is 1.